The van der Waals surface area contributed by atoms with Crippen molar-refractivity contribution in [3.05, 3.63) is 22.4 Å². The zero-order valence-corrected chi connectivity index (χ0v) is 10.5. The van der Waals surface area contributed by atoms with Crippen molar-refractivity contribution in [1.82, 2.24) is 5.32 Å². The minimum absolute atomic E-state index is 0.353. The molecule has 0 bridgehead atoms. The van der Waals surface area contributed by atoms with Crippen molar-refractivity contribution in [2.45, 2.75) is 30.7 Å². The van der Waals surface area contributed by atoms with Gasteiger partial charge in [0.05, 0.1) is 6.10 Å². The van der Waals surface area contributed by atoms with Gasteiger partial charge in [-0.2, -0.15) is 23.1 Å². The van der Waals surface area contributed by atoms with E-state index in [0.717, 1.165) is 5.56 Å². The molecule has 4 heteroatoms. The van der Waals surface area contributed by atoms with E-state index in [0.29, 0.717) is 17.8 Å². The largest absolute Gasteiger partial charge is 0.387 e. The third kappa shape index (κ3) is 2.97. The first-order chi connectivity index (χ1) is 7.27. The maximum absolute atomic E-state index is 9.89. The molecule has 0 aromatic carbocycles. The molecule has 0 radical (unpaired) electrons. The van der Waals surface area contributed by atoms with Crippen LogP contribution in [0.1, 0.15) is 25.0 Å². The van der Waals surface area contributed by atoms with Crippen molar-refractivity contribution in [3.8, 4) is 0 Å². The first-order valence-electron chi connectivity index (χ1n) is 5.32. The predicted molar refractivity (Wildman–Crippen MR) is 67.6 cm³/mol. The first kappa shape index (κ1) is 11.5. The second-order valence-corrected chi connectivity index (χ2v) is 6.22. The van der Waals surface area contributed by atoms with Crippen LogP contribution in [0.25, 0.3) is 0 Å². The number of rotatable bonds is 4. The Bertz CT molecular complexity index is 289. The summed E-state index contributed by atoms with van der Waals surface area (Å²) in [4.78, 5) is 0. The minimum Gasteiger partial charge on any atom is -0.387 e. The van der Waals surface area contributed by atoms with Crippen LogP contribution in [0.4, 0.5) is 0 Å². The highest BCUT2D eigenvalue weighted by Gasteiger charge is 2.24. The highest BCUT2D eigenvalue weighted by Crippen LogP contribution is 2.26. The number of hydrogen-bond donors (Lipinski definition) is 2. The fourth-order valence-electron chi connectivity index (χ4n) is 1.85. The molecule has 84 valence electrons. The van der Waals surface area contributed by atoms with Gasteiger partial charge in [-0.05, 0) is 34.6 Å². The summed E-state index contributed by atoms with van der Waals surface area (Å²) in [5, 5.41) is 18.0. The molecule has 3 atom stereocenters. The number of hydrogen-bond acceptors (Lipinski definition) is 4. The summed E-state index contributed by atoms with van der Waals surface area (Å²) in [6.45, 7) is 2.93. The monoisotopic (exact) mass is 243 g/mol. The number of thiophene rings is 1. The lowest BCUT2D eigenvalue weighted by atomic mass is 10.1. The molecule has 3 unspecified atom stereocenters. The molecular formula is C11H17NOS2. The van der Waals surface area contributed by atoms with Gasteiger partial charge in [-0.3, -0.25) is 0 Å². The number of aliphatic hydroxyl groups is 1. The molecule has 0 saturated carbocycles. The second-order valence-electron chi connectivity index (χ2n) is 3.95. The van der Waals surface area contributed by atoms with E-state index in [4.69, 9.17) is 0 Å². The summed E-state index contributed by atoms with van der Waals surface area (Å²) in [6, 6.07) is 2.56. The van der Waals surface area contributed by atoms with E-state index in [2.05, 4.69) is 12.2 Å². The Labute approximate surface area is 99.1 Å². The Morgan fingerprint density at radius 2 is 2.53 bits per heavy atom. The minimum atomic E-state index is -0.353. The molecule has 2 heterocycles. The SMILES string of the molecule is CC1SCCC1NCC(O)c1ccsc1. The highest BCUT2D eigenvalue weighted by molar-refractivity contribution is 8.00. The van der Waals surface area contributed by atoms with Crippen LogP contribution in [0.15, 0.2) is 16.8 Å². The van der Waals surface area contributed by atoms with Crippen LogP contribution < -0.4 is 5.32 Å². The summed E-state index contributed by atoms with van der Waals surface area (Å²) in [5.74, 6) is 1.24. The summed E-state index contributed by atoms with van der Waals surface area (Å²) in [6.07, 6.45) is 0.872. The molecule has 2 nitrogen and oxygen atoms in total. The smallest absolute Gasteiger partial charge is 0.0922 e. The lowest BCUT2D eigenvalue weighted by molar-refractivity contribution is 0.170. The zero-order chi connectivity index (χ0) is 10.7. The Hall–Kier alpha value is -0.0300. The molecule has 0 spiro atoms. The maximum atomic E-state index is 9.89. The van der Waals surface area contributed by atoms with E-state index in [-0.39, 0.29) is 6.10 Å². The molecule has 15 heavy (non-hydrogen) atoms. The van der Waals surface area contributed by atoms with Gasteiger partial charge in [-0.1, -0.05) is 6.92 Å². The van der Waals surface area contributed by atoms with Gasteiger partial charge in [-0.25, -0.2) is 0 Å². The molecular weight excluding hydrogens is 226 g/mol. The maximum Gasteiger partial charge on any atom is 0.0922 e. The summed E-state index contributed by atoms with van der Waals surface area (Å²) in [5.41, 5.74) is 1.03. The number of thioether (sulfide) groups is 1. The van der Waals surface area contributed by atoms with E-state index in [1.54, 1.807) is 11.3 Å². The molecule has 1 aliphatic heterocycles. The van der Waals surface area contributed by atoms with Gasteiger partial charge >= 0.3 is 0 Å². The van der Waals surface area contributed by atoms with Crippen molar-refractivity contribution in [2.24, 2.45) is 0 Å². The van der Waals surface area contributed by atoms with Crippen LogP contribution in [-0.2, 0) is 0 Å². The van der Waals surface area contributed by atoms with E-state index in [1.165, 1.54) is 12.2 Å². The summed E-state index contributed by atoms with van der Waals surface area (Å²) in [7, 11) is 0. The van der Waals surface area contributed by atoms with Crippen LogP contribution in [0.2, 0.25) is 0 Å². The van der Waals surface area contributed by atoms with Crippen LogP contribution in [0.5, 0.6) is 0 Å². The number of aliphatic hydroxyl groups excluding tert-OH is 1. The molecule has 1 aromatic heterocycles. The lowest BCUT2D eigenvalue weighted by Gasteiger charge is -2.18. The Balaban J connectivity index is 1.78. The molecule has 0 amide bonds. The summed E-state index contributed by atoms with van der Waals surface area (Å²) >= 11 is 3.65. The molecule has 1 aliphatic rings. The standard InChI is InChI=1S/C11H17NOS2/c1-8-10(3-5-15-8)12-6-11(13)9-2-4-14-7-9/h2,4,7-8,10-13H,3,5-6H2,1H3. The van der Waals surface area contributed by atoms with Gasteiger partial charge in [-0.15, -0.1) is 0 Å². The zero-order valence-electron chi connectivity index (χ0n) is 8.85. The topological polar surface area (TPSA) is 32.3 Å². The molecule has 1 saturated heterocycles. The van der Waals surface area contributed by atoms with E-state index in [1.807, 2.05) is 28.6 Å². The van der Waals surface area contributed by atoms with Crippen LogP contribution in [0, 0.1) is 0 Å². The van der Waals surface area contributed by atoms with Crippen LogP contribution in [-0.4, -0.2) is 28.7 Å². The fourth-order valence-corrected chi connectivity index (χ4v) is 3.78. The lowest BCUT2D eigenvalue weighted by Crippen LogP contribution is -2.36. The third-order valence-corrected chi connectivity index (χ3v) is 4.90. The quantitative estimate of drug-likeness (QED) is 0.851. The molecule has 2 N–H and O–H groups in total. The van der Waals surface area contributed by atoms with Crippen LogP contribution in [0.3, 0.4) is 0 Å². The predicted octanol–water partition coefficient (Wildman–Crippen LogP) is 2.27. The average Bonchev–Trinajstić information content (AvgIpc) is 2.85. The van der Waals surface area contributed by atoms with Crippen molar-refractivity contribution in [2.75, 3.05) is 12.3 Å². The Kier molecular flexibility index (Phi) is 4.08. The molecule has 1 aromatic rings. The van der Waals surface area contributed by atoms with Gasteiger partial charge in [0.25, 0.3) is 0 Å². The van der Waals surface area contributed by atoms with Crippen molar-refractivity contribution in [3.63, 3.8) is 0 Å². The first-order valence-corrected chi connectivity index (χ1v) is 7.31. The van der Waals surface area contributed by atoms with E-state index < -0.39 is 0 Å². The third-order valence-electron chi connectivity index (χ3n) is 2.88. The fraction of sp³-hybridized carbons (Fsp3) is 0.636. The highest BCUT2D eigenvalue weighted by atomic mass is 32.2. The second kappa shape index (κ2) is 5.34. The van der Waals surface area contributed by atoms with E-state index in [9.17, 15) is 5.11 Å². The van der Waals surface area contributed by atoms with Crippen molar-refractivity contribution < 1.29 is 5.11 Å². The average molecular weight is 243 g/mol. The normalized spacial score (nSPS) is 28.1. The molecule has 0 aliphatic carbocycles. The Morgan fingerprint density at radius 1 is 1.67 bits per heavy atom. The molecule has 1 fully saturated rings. The van der Waals surface area contributed by atoms with Gasteiger partial charge in [0.2, 0.25) is 0 Å². The van der Waals surface area contributed by atoms with E-state index >= 15 is 0 Å². The van der Waals surface area contributed by atoms with Gasteiger partial charge in [0.15, 0.2) is 0 Å². The van der Waals surface area contributed by atoms with Gasteiger partial charge in [0.1, 0.15) is 0 Å². The molecule has 2 rings (SSSR count). The summed E-state index contributed by atoms with van der Waals surface area (Å²) < 4.78 is 0. The van der Waals surface area contributed by atoms with Gasteiger partial charge in [0, 0.05) is 17.8 Å². The Morgan fingerprint density at radius 3 is 3.13 bits per heavy atom. The van der Waals surface area contributed by atoms with Gasteiger partial charge < -0.3 is 10.4 Å². The van der Waals surface area contributed by atoms with Crippen LogP contribution >= 0.6 is 23.1 Å². The number of nitrogens with one attached hydrogen (secondary N) is 1. The van der Waals surface area contributed by atoms with Crippen molar-refractivity contribution >= 4 is 23.1 Å². The van der Waals surface area contributed by atoms with Crippen molar-refractivity contribution in [1.29, 1.82) is 0 Å².